The van der Waals surface area contributed by atoms with Gasteiger partial charge in [-0.15, -0.1) is 0 Å². The molecule has 1 aromatic heterocycles. The molecule has 1 heterocycles. The van der Waals surface area contributed by atoms with Crippen LogP contribution in [0.5, 0.6) is 0 Å². The van der Waals surface area contributed by atoms with Gasteiger partial charge in [-0.2, -0.15) is 0 Å². The van der Waals surface area contributed by atoms with Crippen LogP contribution >= 0.6 is 0 Å². The Labute approximate surface area is 119 Å². The molecule has 0 bridgehead atoms. The van der Waals surface area contributed by atoms with Gasteiger partial charge in [-0.1, -0.05) is 42.0 Å². The fraction of sp³-hybridized carbons (Fsp3) is 0.222. The second kappa shape index (κ2) is 5.14. The molecule has 20 heavy (non-hydrogen) atoms. The van der Waals surface area contributed by atoms with Gasteiger partial charge >= 0.3 is 0 Å². The van der Waals surface area contributed by atoms with Gasteiger partial charge in [0.05, 0.1) is 0 Å². The highest BCUT2D eigenvalue weighted by molar-refractivity contribution is 5.85. The van der Waals surface area contributed by atoms with Crippen molar-refractivity contribution >= 4 is 10.9 Å². The highest BCUT2D eigenvalue weighted by Crippen LogP contribution is 2.27. The van der Waals surface area contributed by atoms with Crippen LogP contribution in [0.15, 0.2) is 48.5 Å². The van der Waals surface area contributed by atoms with E-state index >= 15 is 0 Å². The fourth-order valence-corrected chi connectivity index (χ4v) is 2.80. The minimum Gasteiger partial charge on any atom is -0.358 e. The van der Waals surface area contributed by atoms with E-state index in [1.165, 1.54) is 33.3 Å². The molecule has 2 nitrogen and oxygen atoms in total. The Balaban J connectivity index is 1.98. The molecule has 3 rings (SSSR count). The normalized spacial score (nSPS) is 12.8. The van der Waals surface area contributed by atoms with Gasteiger partial charge < -0.3 is 10.7 Å². The Morgan fingerprint density at radius 3 is 2.55 bits per heavy atom. The molecule has 0 saturated carbocycles. The Morgan fingerprint density at radius 2 is 1.80 bits per heavy atom. The first-order valence-electron chi connectivity index (χ1n) is 7.03. The third kappa shape index (κ3) is 2.35. The lowest BCUT2D eigenvalue weighted by Crippen LogP contribution is -2.13. The number of fused-ring (bicyclic) bond motifs is 1. The number of rotatable bonds is 3. The number of nitrogens with two attached hydrogens (primary N) is 1. The van der Waals surface area contributed by atoms with E-state index in [1.54, 1.807) is 0 Å². The highest BCUT2D eigenvalue weighted by Gasteiger charge is 2.13. The Bertz CT molecular complexity index is 726. The first-order chi connectivity index (χ1) is 9.65. The van der Waals surface area contributed by atoms with Crippen molar-refractivity contribution in [3.05, 3.63) is 70.9 Å². The second-order valence-corrected chi connectivity index (χ2v) is 5.50. The molecule has 3 aromatic rings. The van der Waals surface area contributed by atoms with Gasteiger partial charge in [0.25, 0.3) is 0 Å². The van der Waals surface area contributed by atoms with Gasteiger partial charge in [-0.05, 0) is 43.5 Å². The van der Waals surface area contributed by atoms with Gasteiger partial charge in [0.2, 0.25) is 0 Å². The van der Waals surface area contributed by atoms with Crippen molar-refractivity contribution in [2.24, 2.45) is 5.73 Å². The summed E-state index contributed by atoms with van der Waals surface area (Å²) in [5.74, 6) is 0. The maximum Gasteiger partial charge on any atom is 0.0459 e. The highest BCUT2D eigenvalue weighted by atomic mass is 14.7. The van der Waals surface area contributed by atoms with Gasteiger partial charge in [0.15, 0.2) is 0 Å². The van der Waals surface area contributed by atoms with E-state index in [0.717, 1.165) is 6.42 Å². The molecule has 2 aromatic carbocycles. The summed E-state index contributed by atoms with van der Waals surface area (Å²) in [7, 11) is 0. The van der Waals surface area contributed by atoms with Gasteiger partial charge in [0, 0.05) is 22.6 Å². The SMILES string of the molecule is Cc1ccc2[nH]c(C)c(CC(N)c3ccccc3)c2c1. The zero-order valence-corrected chi connectivity index (χ0v) is 12.0. The lowest BCUT2D eigenvalue weighted by molar-refractivity contribution is 0.722. The predicted molar refractivity (Wildman–Crippen MR) is 84.8 cm³/mol. The summed E-state index contributed by atoms with van der Waals surface area (Å²) in [6, 6.07) is 16.9. The topological polar surface area (TPSA) is 41.8 Å². The van der Waals surface area contributed by atoms with Gasteiger partial charge in [0.1, 0.15) is 0 Å². The van der Waals surface area contributed by atoms with Crippen molar-refractivity contribution in [3.63, 3.8) is 0 Å². The van der Waals surface area contributed by atoms with Crippen LogP contribution in [0.1, 0.15) is 28.4 Å². The largest absolute Gasteiger partial charge is 0.358 e. The summed E-state index contributed by atoms with van der Waals surface area (Å²) in [6.07, 6.45) is 0.860. The summed E-state index contributed by atoms with van der Waals surface area (Å²) in [5, 5.41) is 1.30. The lowest BCUT2D eigenvalue weighted by atomic mass is 9.97. The number of aromatic amines is 1. The molecule has 0 spiro atoms. The number of hydrogen-bond donors (Lipinski definition) is 2. The molecule has 0 radical (unpaired) electrons. The Kier molecular flexibility index (Phi) is 3.33. The van der Waals surface area contributed by atoms with Crippen molar-refractivity contribution in [2.45, 2.75) is 26.3 Å². The molecule has 0 aliphatic heterocycles. The first-order valence-corrected chi connectivity index (χ1v) is 7.03. The lowest BCUT2D eigenvalue weighted by Gasteiger charge is -2.12. The number of hydrogen-bond acceptors (Lipinski definition) is 1. The maximum absolute atomic E-state index is 6.37. The average molecular weight is 264 g/mol. The minimum atomic E-state index is 0.0365. The Hall–Kier alpha value is -2.06. The third-order valence-corrected chi connectivity index (χ3v) is 3.93. The van der Waals surface area contributed by atoms with E-state index in [1.807, 2.05) is 18.2 Å². The zero-order chi connectivity index (χ0) is 14.1. The van der Waals surface area contributed by atoms with Gasteiger partial charge in [-0.25, -0.2) is 0 Å². The molecule has 0 fully saturated rings. The van der Waals surface area contributed by atoms with E-state index in [9.17, 15) is 0 Å². The molecule has 0 saturated heterocycles. The van der Waals surface area contributed by atoms with Crippen molar-refractivity contribution in [1.82, 2.24) is 4.98 Å². The molecule has 0 aliphatic carbocycles. The first kappa shape index (κ1) is 12.9. The van der Waals surface area contributed by atoms with E-state index < -0.39 is 0 Å². The van der Waals surface area contributed by atoms with Crippen LogP contribution in [0.4, 0.5) is 0 Å². The van der Waals surface area contributed by atoms with Crippen molar-refractivity contribution in [1.29, 1.82) is 0 Å². The molecule has 0 amide bonds. The molecule has 1 atom stereocenters. The standard InChI is InChI=1S/C18H20N2/c1-12-8-9-18-16(10-12)15(13(2)20-18)11-17(19)14-6-4-3-5-7-14/h3-10,17,20H,11,19H2,1-2H3. The van der Waals surface area contributed by atoms with Crippen LogP contribution in [0.2, 0.25) is 0 Å². The number of H-pyrrole nitrogens is 1. The molecule has 1 unspecified atom stereocenters. The molecular formula is C18H20N2. The molecule has 2 heteroatoms. The van der Waals surface area contributed by atoms with Crippen LogP contribution in [-0.2, 0) is 6.42 Å². The smallest absolute Gasteiger partial charge is 0.0459 e. The van der Waals surface area contributed by atoms with Crippen molar-refractivity contribution < 1.29 is 0 Å². The van der Waals surface area contributed by atoms with Crippen LogP contribution in [0, 0.1) is 13.8 Å². The van der Waals surface area contributed by atoms with Crippen LogP contribution in [-0.4, -0.2) is 4.98 Å². The maximum atomic E-state index is 6.37. The average Bonchev–Trinajstić information content (AvgIpc) is 2.76. The fourth-order valence-electron chi connectivity index (χ4n) is 2.80. The van der Waals surface area contributed by atoms with E-state index in [0.29, 0.717) is 0 Å². The predicted octanol–water partition coefficient (Wildman–Crippen LogP) is 4.03. The molecular weight excluding hydrogens is 244 g/mol. The van der Waals surface area contributed by atoms with E-state index in [-0.39, 0.29) is 6.04 Å². The number of nitrogens with one attached hydrogen (secondary N) is 1. The van der Waals surface area contributed by atoms with Crippen LogP contribution in [0.25, 0.3) is 10.9 Å². The second-order valence-electron chi connectivity index (χ2n) is 5.50. The monoisotopic (exact) mass is 264 g/mol. The quantitative estimate of drug-likeness (QED) is 0.737. The Morgan fingerprint density at radius 1 is 1.05 bits per heavy atom. The summed E-state index contributed by atoms with van der Waals surface area (Å²) in [4.78, 5) is 3.46. The van der Waals surface area contributed by atoms with Gasteiger partial charge in [-0.3, -0.25) is 0 Å². The summed E-state index contributed by atoms with van der Waals surface area (Å²) < 4.78 is 0. The zero-order valence-electron chi connectivity index (χ0n) is 12.0. The van der Waals surface area contributed by atoms with Crippen LogP contribution < -0.4 is 5.73 Å². The van der Waals surface area contributed by atoms with Crippen LogP contribution in [0.3, 0.4) is 0 Å². The number of aromatic nitrogens is 1. The van der Waals surface area contributed by atoms with Crippen molar-refractivity contribution in [2.75, 3.05) is 0 Å². The summed E-state index contributed by atoms with van der Waals surface area (Å²) in [5.41, 5.74) is 12.6. The van der Waals surface area contributed by atoms with E-state index in [2.05, 4.69) is 49.2 Å². The molecule has 3 N–H and O–H groups in total. The van der Waals surface area contributed by atoms with Crippen molar-refractivity contribution in [3.8, 4) is 0 Å². The third-order valence-electron chi connectivity index (χ3n) is 3.93. The molecule has 102 valence electrons. The molecule has 0 aliphatic rings. The number of aryl methyl sites for hydroxylation is 2. The summed E-state index contributed by atoms with van der Waals surface area (Å²) in [6.45, 7) is 4.26. The number of benzene rings is 2. The van der Waals surface area contributed by atoms with E-state index in [4.69, 9.17) is 5.73 Å². The minimum absolute atomic E-state index is 0.0365. The summed E-state index contributed by atoms with van der Waals surface area (Å²) >= 11 is 0.